The molecular formula is C24H24N4O4. The monoisotopic (exact) mass is 432 g/mol. The lowest BCUT2D eigenvalue weighted by Crippen LogP contribution is -2.51. The Morgan fingerprint density at radius 1 is 1.03 bits per heavy atom. The molecule has 2 saturated heterocycles. The molecule has 0 spiro atoms. The Kier molecular flexibility index (Phi) is 5.68. The van der Waals surface area contributed by atoms with E-state index in [1.165, 1.54) is 0 Å². The Labute approximate surface area is 185 Å². The minimum absolute atomic E-state index is 0.0702. The van der Waals surface area contributed by atoms with Crippen LogP contribution in [0.25, 0.3) is 10.8 Å². The SMILES string of the molecule is O=C([C@H]1C[C@H](Oc2cccnc2)CN1C(=O)c1nccc2ccccc12)N1CCOCC1. The molecule has 2 aliphatic heterocycles. The molecule has 0 N–H and O–H groups in total. The van der Waals surface area contributed by atoms with E-state index < -0.39 is 6.04 Å². The van der Waals surface area contributed by atoms with Gasteiger partial charge < -0.3 is 19.3 Å². The van der Waals surface area contributed by atoms with E-state index in [1.807, 2.05) is 36.4 Å². The second kappa shape index (κ2) is 8.92. The van der Waals surface area contributed by atoms with Crippen molar-refractivity contribution in [3.8, 4) is 5.75 Å². The van der Waals surface area contributed by atoms with E-state index in [1.54, 1.807) is 34.5 Å². The number of morpholine rings is 1. The normalized spacial score (nSPS) is 21.0. The summed E-state index contributed by atoms with van der Waals surface area (Å²) in [6.45, 7) is 2.37. The first-order valence-corrected chi connectivity index (χ1v) is 10.8. The summed E-state index contributed by atoms with van der Waals surface area (Å²) >= 11 is 0. The molecule has 2 atom stereocenters. The number of nitrogens with zero attached hydrogens (tertiary/aromatic N) is 4. The zero-order valence-electron chi connectivity index (χ0n) is 17.6. The highest BCUT2D eigenvalue weighted by Gasteiger charge is 2.43. The number of amides is 2. The van der Waals surface area contributed by atoms with E-state index in [-0.39, 0.29) is 17.9 Å². The number of carbonyl (C=O) groups excluding carboxylic acids is 2. The van der Waals surface area contributed by atoms with E-state index in [0.717, 1.165) is 10.8 Å². The van der Waals surface area contributed by atoms with Gasteiger partial charge in [-0.1, -0.05) is 24.3 Å². The number of hydrogen-bond acceptors (Lipinski definition) is 6. The van der Waals surface area contributed by atoms with Gasteiger partial charge in [0.05, 0.1) is 26.0 Å². The zero-order valence-corrected chi connectivity index (χ0v) is 17.6. The molecule has 2 aromatic heterocycles. The van der Waals surface area contributed by atoms with Gasteiger partial charge in [0, 0.05) is 37.3 Å². The Morgan fingerprint density at radius 3 is 2.69 bits per heavy atom. The standard InChI is InChI=1S/C24H24N4O4/c29-23(27-10-12-31-13-11-27)21-14-19(32-18-5-3-8-25-15-18)16-28(21)24(30)22-20-6-2-1-4-17(20)7-9-26-22/h1-9,15,19,21H,10-14,16H2/t19-,21+/m0/s1. The summed E-state index contributed by atoms with van der Waals surface area (Å²) in [4.78, 5) is 38.9. The van der Waals surface area contributed by atoms with Gasteiger partial charge in [0.1, 0.15) is 23.6 Å². The summed E-state index contributed by atoms with van der Waals surface area (Å²) in [6, 6.07) is 12.5. The predicted molar refractivity (Wildman–Crippen MR) is 117 cm³/mol. The maximum Gasteiger partial charge on any atom is 0.273 e. The molecule has 8 nitrogen and oxygen atoms in total. The molecule has 2 aliphatic rings. The van der Waals surface area contributed by atoms with Crippen LogP contribution in [-0.4, -0.2) is 76.6 Å². The summed E-state index contributed by atoms with van der Waals surface area (Å²) in [6.07, 6.45) is 5.05. The van der Waals surface area contributed by atoms with Crippen LogP contribution in [0.1, 0.15) is 16.9 Å². The van der Waals surface area contributed by atoms with Crippen molar-refractivity contribution in [1.82, 2.24) is 19.8 Å². The molecule has 32 heavy (non-hydrogen) atoms. The van der Waals surface area contributed by atoms with Gasteiger partial charge in [-0.15, -0.1) is 0 Å². The molecule has 2 fully saturated rings. The largest absolute Gasteiger partial charge is 0.487 e. The van der Waals surface area contributed by atoms with Crippen molar-refractivity contribution in [2.75, 3.05) is 32.8 Å². The van der Waals surface area contributed by atoms with Crippen LogP contribution >= 0.6 is 0 Å². The molecule has 5 rings (SSSR count). The van der Waals surface area contributed by atoms with Gasteiger partial charge in [0.2, 0.25) is 5.91 Å². The topological polar surface area (TPSA) is 84.9 Å². The van der Waals surface area contributed by atoms with Gasteiger partial charge in [-0.2, -0.15) is 0 Å². The second-order valence-electron chi connectivity index (χ2n) is 7.96. The molecule has 164 valence electrons. The maximum absolute atomic E-state index is 13.7. The highest BCUT2D eigenvalue weighted by atomic mass is 16.5. The smallest absolute Gasteiger partial charge is 0.273 e. The molecule has 0 bridgehead atoms. The number of pyridine rings is 2. The number of fused-ring (bicyclic) bond motifs is 1. The summed E-state index contributed by atoms with van der Waals surface area (Å²) in [7, 11) is 0. The number of carbonyl (C=O) groups is 2. The second-order valence-corrected chi connectivity index (χ2v) is 7.96. The van der Waals surface area contributed by atoms with Gasteiger partial charge in [-0.3, -0.25) is 19.6 Å². The number of likely N-dealkylation sites (tertiary alicyclic amines) is 1. The van der Waals surface area contributed by atoms with E-state index in [9.17, 15) is 9.59 Å². The first-order chi connectivity index (χ1) is 15.7. The van der Waals surface area contributed by atoms with Crippen molar-refractivity contribution in [2.45, 2.75) is 18.6 Å². The van der Waals surface area contributed by atoms with Crippen molar-refractivity contribution in [3.63, 3.8) is 0 Å². The summed E-state index contributed by atoms with van der Waals surface area (Å²) < 4.78 is 11.5. The summed E-state index contributed by atoms with van der Waals surface area (Å²) in [5.41, 5.74) is 0.352. The van der Waals surface area contributed by atoms with Crippen molar-refractivity contribution in [1.29, 1.82) is 0 Å². The van der Waals surface area contributed by atoms with Crippen LogP contribution in [0.3, 0.4) is 0 Å². The first-order valence-electron chi connectivity index (χ1n) is 10.8. The first kappa shape index (κ1) is 20.4. The van der Waals surface area contributed by atoms with Crippen LogP contribution in [0.5, 0.6) is 5.75 Å². The van der Waals surface area contributed by atoms with Gasteiger partial charge in [0.15, 0.2) is 0 Å². The van der Waals surface area contributed by atoms with Crippen molar-refractivity contribution in [2.24, 2.45) is 0 Å². The molecule has 0 aliphatic carbocycles. The van der Waals surface area contributed by atoms with Crippen molar-refractivity contribution in [3.05, 3.63) is 66.7 Å². The molecule has 1 aromatic carbocycles. The molecule has 0 unspecified atom stereocenters. The lowest BCUT2D eigenvalue weighted by atomic mass is 10.1. The van der Waals surface area contributed by atoms with Crippen molar-refractivity contribution < 1.29 is 19.1 Å². The number of hydrogen-bond donors (Lipinski definition) is 0. The fourth-order valence-electron chi connectivity index (χ4n) is 4.37. The number of ether oxygens (including phenoxy) is 2. The molecule has 4 heterocycles. The Balaban J connectivity index is 1.45. The molecule has 2 amide bonds. The molecule has 8 heteroatoms. The third-order valence-electron chi connectivity index (χ3n) is 5.94. The number of aromatic nitrogens is 2. The van der Waals surface area contributed by atoms with Crippen LogP contribution in [-0.2, 0) is 9.53 Å². The van der Waals surface area contributed by atoms with E-state index in [0.29, 0.717) is 50.7 Å². The predicted octanol–water partition coefficient (Wildman–Crippen LogP) is 2.15. The van der Waals surface area contributed by atoms with Gasteiger partial charge in [0.25, 0.3) is 5.91 Å². The van der Waals surface area contributed by atoms with Gasteiger partial charge in [-0.25, -0.2) is 0 Å². The van der Waals surface area contributed by atoms with Crippen LogP contribution in [0.2, 0.25) is 0 Å². The zero-order chi connectivity index (χ0) is 21.9. The van der Waals surface area contributed by atoms with E-state index >= 15 is 0 Å². The summed E-state index contributed by atoms with van der Waals surface area (Å²) in [5.74, 6) is 0.289. The molecule has 0 radical (unpaired) electrons. The van der Waals surface area contributed by atoms with Gasteiger partial charge in [-0.05, 0) is 23.6 Å². The van der Waals surface area contributed by atoms with Crippen LogP contribution < -0.4 is 4.74 Å². The fraction of sp³-hybridized carbons (Fsp3) is 0.333. The highest BCUT2D eigenvalue weighted by molar-refractivity contribution is 6.06. The number of rotatable bonds is 4. The fourth-order valence-corrected chi connectivity index (χ4v) is 4.37. The quantitative estimate of drug-likeness (QED) is 0.628. The Bertz CT molecular complexity index is 1110. The minimum atomic E-state index is -0.608. The average molecular weight is 432 g/mol. The molecule has 0 saturated carbocycles. The van der Waals surface area contributed by atoms with Crippen LogP contribution in [0.15, 0.2) is 61.1 Å². The van der Waals surface area contributed by atoms with E-state index in [2.05, 4.69) is 9.97 Å². The molecular weight excluding hydrogens is 408 g/mol. The Hall–Kier alpha value is -3.52. The minimum Gasteiger partial charge on any atom is -0.487 e. The lowest BCUT2D eigenvalue weighted by Gasteiger charge is -2.32. The average Bonchev–Trinajstić information content (AvgIpc) is 3.27. The van der Waals surface area contributed by atoms with Crippen LogP contribution in [0.4, 0.5) is 0 Å². The third-order valence-corrected chi connectivity index (χ3v) is 5.94. The van der Waals surface area contributed by atoms with Crippen molar-refractivity contribution >= 4 is 22.6 Å². The van der Waals surface area contributed by atoms with E-state index in [4.69, 9.17) is 9.47 Å². The summed E-state index contributed by atoms with van der Waals surface area (Å²) in [5, 5.41) is 1.71. The number of benzene rings is 1. The third kappa shape index (κ3) is 4.01. The lowest BCUT2D eigenvalue weighted by molar-refractivity contribution is -0.139. The molecule has 3 aromatic rings. The van der Waals surface area contributed by atoms with Gasteiger partial charge >= 0.3 is 0 Å². The maximum atomic E-state index is 13.7. The Morgan fingerprint density at radius 2 is 1.88 bits per heavy atom. The van der Waals surface area contributed by atoms with Crippen LogP contribution in [0, 0.1) is 0 Å². The highest BCUT2D eigenvalue weighted by Crippen LogP contribution is 2.28.